The molecule has 0 saturated heterocycles. The Labute approximate surface area is 37.4 Å². The molecule has 0 aliphatic carbocycles. The van der Waals surface area contributed by atoms with Crippen molar-refractivity contribution in [1.29, 1.82) is 0 Å². The summed E-state index contributed by atoms with van der Waals surface area (Å²) in [5, 5.41) is 0.120. The van der Waals surface area contributed by atoms with Crippen LogP contribution in [0.1, 0.15) is 6.92 Å². The Morgan fingerprint density at radius 3 is 2.20 bits per heavy atom. The molecule has 0 rings (SSSR count). The van der Waals surface area contributed by atoms with Crippen LogP contribution in [-0.2, 0) is 0 Å². The van der Waals surface area contributed by atoms with Gasteiger partial charge in [0.15, 0.2) is 0 Å². The number of alkyl halides is 1. The lowest BCUT2D eigenvalue weighted by molar-refractivity contribution is 1.24. The van der Waals surface area contributed by atoms with Gasteiger partial charge in [-0.25, -0.2) is 0 Å². The van der Waals surface area contributed by atoms with E-state index in [4.69, 9.17) is 11.6 Å². The van der Waals surface area contributed by atoms with Crippen LogP contribution in [0.2, 0.25) is 0 Å². The highest BCUT2D eigenvalue weighted by Gasteiger charge is 1.77. The van der Waals surface area contributed by atoms with Crippen molar-refractivity contribution >= 4 is 11.6 Å². The average molecular weight is 90.6 g/mol. The van der Waals surface area contributed by atoms with Crippen LogP contribution in [0, 0.1) is 0 Å². The van der Waals surface area contributed by atoms with Crippen molar-refractivity contribution in [2.75, 3.05) is 0 Å². The van der Waals surface area contributed by atoms with Crippen LogP contribution in [0.4, 0.5) is 0 Å². The molecule has 0 fully saturated rings. The highest BCUT2D eigenvalue weighted by molar-refractivity contribution is 6.21. The van der Waals surface area contributed by atoms with Gasteiger partial charge in [0, 0.05) is 5.38 Å². The second-order valence-electron chi connectivity index (χ2n) is 0.913. The van der Waals surface area contributed by atoms with Crippen LogP contribution < -0.4 is 0 Å². The predicted octanol–water partition coefficient (Wildman–Crippen LogP) is 1.80. The lowest BCUT2D eigenvalue weighted by Crippen LogP contribution is -1.75. The lowest BCUT2D eigenvalue weighted by Gasteiger charge is -1.81. The quantitative estimate of drug-likeness (QED) is 0.340. The van der Waals surface area contributed by atoms with Crippen molar-refractivity contribution in [3.8, 4) is 0 Å². The van der Waals surface area contributed by atoms with Crippen molar-refractivity contribution < 1.29 is 0 Å². The molecule has 30 valence electrons. The molecular formula is C4H7Cl. The maximum atomic E-state index is 5.34. The van der Waals surface area contributed by atoms with E-state index < -0.39 is 0 Å². The van der Waals surface area contributed by atoms with E-state index in [9.17, 15) is 0 Å². The molecule has 0 unspecified atom stereocenters. The van der Waals surface area contributed by atoms with E-state index in [-0.39, 0.29) is 5.38 Å². The number of hydrogen-bond acceptors (Lipinski definition) is 0. The monoisotopic (exact) mass is 90.0 g/mol. The Bertz CT molecular complexity index is 30.6. The second kappa shape index (κ2) is 2.28. The topological polar surface area (TPSA) is 0 Å². The van der Waals surface area contributed by atoms with E-state index in [2.05, 4.69) is 6.58 Å². The third-order valence-corrected chi connectivity index (χ3v) is 0.503. The van der Waals surface area contributed by atoms with E-state index in [1.165, 1.54) is 0 Å². The molecule has 0 nitrogen and oxygen atoms in total. The first-order valence-electron chi connectivity index (χ1n) is 1.54. The summed E-state index contributed by atoms with van der Waals surface area (Å²) in [6.07, 6.45) is 1.68. The normalized spacial score (nSPS) is 14.0. The fraction of sp³-hybridized carbons (Fsp3) is 0.500. The zero-order valence-corrected chi connectivity index (χ0v) is 4.00. The molecule has 0 N–H and O–H groups in total. The molecule has 0 spiro atoms. The molecule has 0 aromatic rings. The van der Waals surface area contributed by atoms with Crippen LogP contribution in [-0.4, -0.2) is 5.38 Å². The molecule has 0 radical (unpaired) electrons. The summed E-state index contributed by atoms with van der Waals surface area (Å²) < 4.78 is 0. The fourth-order valence-corrected chi connectivity index (χ4v) is 0. The third-order valence-electron chi connectivity index (χ3n) is 0.325. The number of rotatable bonds is 1. The van der Waals surface area contributed by atoms with Gasteiger partial charge in [-0.3, -0.25) is 0 Å². The Hall–Kier alpha value is 0.0300. The van der Waals surface area contributed by atoms with Crippen molar-refractivity contribution in [3.05, 3.63) is 12.7 Å². The van der Waals surface area contributed by atoms with E-state index in [0.717, 1.165) is 0 Å². The summed E-state index contributed by atoms with van der Waals surface area (Å²) in [5.74, 6) is 0. The van der Waals surface area contributed by atoms with Gasteiger partial charge >= 0.3 is 0 Å². The maximum absolute atomic E-state index is 5.34. The molecule has 0 heterocycles. The summed E-state index contributed by atoms with van der Waals surface area (Å²) in [5.41, 5.74) is 0. The first-order chi connectivity index (χ1) is 2.27. The summed E-state index contributed by atoms with van der Waals surface area (Å²) in [7, 11) is 0. The highest BCUT2D eigenvalue weighted by Crippen LogP contribution is 1.89. The Balaban J connectivity index is 2.83. The minimum Gasteiger partial charge on any atom is -0.119 e. The maximum Gasteiger partial charge on any atom is 0.0485 e. The van der Waals surface area contributed by atoms with Crippen LogP contribution in [0.15, 0.2) is 12.7 Å². The molecule has 1 atom stereocenters. The van der Waals surface area contributed by atoms with Gasteiger partial charge in [0.25, 0.3) is 0 Å². The fourth-order valence-electron chi connectivity index (χ4n) is 0. The van der Waals surface area contributed by atoms with Crippen LogP contribution >= 0.6 is 11.6 Å². The van der Waals surface area contributed by atoms with Gasteiger partial charge in [-0.15, -0.1) is 18.2 Å². The van der Waals surface area contributed by atoms with Crippen molar-refractivity contribution in [2.24, 2.45) is 0 Å². The van der Waals surface area contributed by atoms with Crippen molar-refractivity contribution in [1.82, 2.24) is 0 Å². The van der Waals surface area contributed by atoms with E-state index >= 15 is 0 Å². The molecule has 0 aromatic carbocycles. The van der Waals surface area contributed by atoms with Gasteiger partial charge in [-0.05, 0) is 6.92 Å². The minimum absolute atomic E-state index is 0.120. The molecular weight excluding hydrogens is 83.5 g/mol. The summed E-state index contributed by atoms with van der Waals surface area (Å²) >= 11 is 5.34. The summed E-state index contributed by atoms with van der Waals surface area (Å²) in [4.78, 5) is 0. The van der Waals surface area contributed by atoms with Crippen LogP contribution in [0.5, 0.6) is 0 Å². The standard InChI is InChI=1S/C4H7Cl/c1-3-4(2)5/h3-4H,1H2,2H3/t4-/m1/s1. The molecule has 0 amide bonds. The molecule has 0 saturated carbocycles. The van der Waals surface area contributed by atoms with Gasteiger partial charge in [0.1, 0.15) is 0 Å². The van der Waals surface area contributed by atoms with Gasteiger partial charge < -0.3 is 0 Å². The Morgan fingerprint density at radius 2 is 2.20 bits per heavy atom. The number of allylic oxidation sites excluding steroid dienone is 1. The summed E-state index contributed by atoms with van der Waals surface area (Å²) in [6.45, 7) is 5.30. The van der Waals surface area contributed by atoms with Gasteiger partial charge in [0.2, 0.25) is 0 Å². The SMILES string of the molecule is C=C[C@@H](C)Cl. The van der Waals surface area contributed by atoms with Gasteiger partial charge in [-0.1, -0.05) is 6.08 Å². The zero-order valence-electron chi connectivity index (χ0n) is 3.24. The predicted molar refractivity (Wildman–Crippen MR) is 25.5 cm³/mol. The largest absolute Gasteiger partial charge is 0.119 e. The summed E-state index contributed by atoms with van der Waals surface area (Å²) in [6, 6.07) is 0. The van der Waals surface area contributed by atoms with Crippen LogP contribution in [0.3, 0.4) is 0 Å². The van der Waals surface area contributed by atoms with Crippen molar-refractivity contribution in [2.45, 2.75) is 12.3 Å². The smallest absolute Gasteiger partial charge is 0.0485 e. The lowest BCUT2D eigenvalue weighted by atomic mass is 10.5. The van der Waals surface area contributed by atoms with E-state index in [0.29, 0.717) is 0 Å². The van der Waals surface area contributed by atoms with Crippen LogP contribution in [0.25, 0.3) is 0 Å². The Kier molecular flexibility index (Phi) is 2.29. The number of halogens is 1. The minimum atomic E-state index is 0.120. The molecule has 0 aliphatic rings. The van der Waals surface area contributed by atoms with Gasteiger partial charge in [0.05, 0.1) is 0 Å². The van der Waals surface area contributed by atoms with E-state index in [1.54, 1.807) is 6.08 Å². The second-order valence-corrected chi connectivity index (χ2v) is 1.60. The molecule has 0 aliphatic heterocycles. The average Bonchev–Trinajstić information content (AvgIpc) is 1.38. The van der Waals surface area contributed by atoms with Gasteiger partial charge in [-0.2, -0.15) is 0 Å². The zero-order chi connectivity index (χ0) is 4.28. The van der Waals surface area contributed by atoms with Crippen molar-refractivity contribution in [3.63, 3.8) is 0 Å². The van der Waals surface area contributed by atoms with E-state index in [1.807, 2.05) is 6.92 Å². The number of hydrogen-bond donors (Lipinski definition) is 0. The molecule has 1 heteroatoms. The third kappa shape index (κ3) is 4.03. The Morgan fingerprint density at radius 1 is 2.00 bits per heavy atom. The first-order valence-corrected chi connectivity index (χ1v) is 1.97. The molecule has 0 aromatic heterocycles. The first kappa shape index (κ1) is 5.03. The highest BCUT2D eigenvalue weighted by atomic mass is 35.5. The molecule has 5 heavy (non-hydrogen) atoms. The molecule has 0 bridgehead atoms.